The molecule has 0 aromatic heterocycles. The van der Waals surface area contributed by atoms with Gasteiger partial charge < -0.3 is 41.3 Å². The summed E-state index contributed by atoms with van der Waals surface area (Å²) in [5, 5.41) is 29.5. The zero-order valence-electron chi connectivity index (χ0n) is 33.9. The Morgan fingerprint density at radius 2 is 0.917 bits per heavy atom. The van der Waals surface area contributed by atoms with E-state index in [0.717, 1.165) is 25.7 Å². The Balaban J connectivity index is 0.912. The molecule has 18 heteroatoms. The van der Waals surface area contributed by atoms with Crippen molar-refractivity contribution in [2.75, 3.05) is 0 Å². The highest BCUT2D eigenvalue weighted by atomic mass is 32.2. The first-order valence-corrected chi connectivity index (χ1v) is 21.9. The summed E-state index contributed by atoms with van der Waals surface area (Å²) < 4.78 is -1.48. The van der Waals surface area contributed by atoms with Crippen molar-refractivity contribution >= 4 is 70.9 Å². The molecule has 60 heavy (non-hydrogen) atoms. The fraction of sp³-hybridized carbons (Fsp3) is 0.524. The molecule has 0 spiro atoms. The van der Waals surface area contributed by atoms with E-state index in [0.29, 0.717) is 24.0 Å². The molecule has 8 atom stereocenters. The number of nitrogens with one attached hydrogen (secondary N) is 4. The number of nitrogens with zero attached hydrogens (tertiary/aromatic N) is 2. The van der Waals surface area contributed by atoms with Crippen molar-refractivity contribution in [3.05, 3.63) is 71.8 Å². The molecule has 0 saturated carbocycles. The van der Waals surface area contributed by atoms with Crippen LogP contribution in [0.3, 0.4) is 0 Å². The smallest absolute Gasteiger partial charge is 0.327 e. The summed E-state index contributed by atoms with van der Waals surface area (Å²) in [6.45, 7) is 7.03. The molecule has 322 valence electrons. The SMILES string of the molecule is CC1(C)S[C@H]2[C@@H](NC(=O)C(NC(=O)CCCCCCCCC(=O)NC(C(=O)N[C@H]3C(=O)N4[C@H]3SC(C)(C)[C@H]4C(=O)O)c3ccccc3)c3ccccc3)C(=O)N2[C@@H]1C(=O)O. The number of fused-ring (bicyclic) bond motifs is 2. The predicted octanol–water partition coefficient (Wildman–Crippen LogP) is 3.09. The van der Waals surface area contributed by atoms with E-state index in [1.165, 1.54) is 33.3 Å². The van der Waals surface area contributed by atoms with Crippen molar-refractivity contribution in [2.45, 2.75) is 136 Å². The Labute approximate surface area is 356 Å². The van der Waals surface area contributed by atoms with Gasteiger partial charge in [0.15, 0.2) is 0 Å². The average molecular weight is 865 g/mol. The second kappa shape index (κ2) is 18.3. The summed E-state index contributed by atoms with van der Waals surface area (Å²) in [6, 6.07) is 11.5. The second-order valence-corrected chi connectivity index (χ2v) is 20.2. The van der Waals surface area contributed by atoms with Gasteiger partial charge in [-0.05, 0) is 51.7 Å². The molecule has 4 heterocycles. The van der Waals surface area contributed by atoms with E-state index in [2.05, 4.69) is 21.3 Å². The summed E-state index contributed by atoms with van der Waals surface area (Å²) in [7, 11) is 0. The van der Waals surface area contributed by atoms with Gasteiger partial charge in [-0.2, -0.15) is 0 Å². The standard InChI is InChI=1S/C42H52N6O10S2/c1-41(2)31(39(55)56)47-35(53)29(37(47)59-41)45-33(51)27(23-17-11-9-12-18-23)43-25(49)21-15-7-5-6-8-16-22-26(50)44-28(24-19-13-10-14-20-24)34(52)46-30-36(54)48-32(40(57)58)42(3,4)60-38(30)48/h9-14,17-20,27-32,37-38H,5-8,15-16,21-22H2,1-4H3,(H,43,49)(H,44,50)(H,45,51)(H,46,52)(H,55,56)(H,57,58)/t27?,28?,29-,30-,31+,32+,37-,38-/m0/s1. The first-order chi connectivity index (χ1) is 28.4. The maximum atomic E-state index is 13.5. The third-order valence-electron chi connectivity index (χ3n) is 11.4. The first-order valence-electron chi connectivity index (χ1n) is 20.2. The number of carboxylic acids is 2. The molecule has 0 bridgehead atoms. The predicted molar refractivity (Wildman–Crippen MR) is 223 cm³/mol. The fourth-order valence-corrected chi connectivity index (χ4v) is 11.7. The minimum atomic E-state index is -1.10. The van der Waals surface area contributed by atoms with E-state index in [-0.39, 0.29) is 24.7 Å². The number of carbonyl (C=O) groups is 8. The van der Waals surface area contributed by atoms with Gasteiger partial charge in [-0.1, -0.05) is 86.3 Å². The van der Waals surface area contributed by atoms with E-state index in [9.17, 15) is 48.6 Å². The Morgan fingerprint density at radius 3 is 1.25 bits per heavy atom. The van der Waals surface area contributed by atoms with Gasteiger partial charge in [-0.15, -0.1) is 23.5 Å². The zero-order chi connectivity index (χ0) is 43.5. The normalized spacial score (nSPS) is 25.4. The molecule has 2 unspecified atom stereocenters. The lowest BCUT2D eigenvalue weighted by Gasteiger charge is -2.44. The molecule has 4 aliphatic rings. The quantitative estimate of drug-likeness (QED) is 0.0885. The summed E-state index contributed by atoms with van der Waals surface area (Å²) in [5.74, 6) is -4.91. The summed E-state index contributed by atoms with van der Waals surface area (Å²) in [6.07, 6.45) is 4.59. The van der Waals surface area contributed by atoms with Crippen LogP contribution < -0.4 is 21.3 Å². The number of rotatable bonds is 19. The van der Waals surface area contributed by atoms with Crippen molar-refractivity contribution in [2.24, 2.45) is 0 Å². The van der Waals surface area contributed by atoms with Crippen molar-refractivity contribution in [3.63, 3.8) is 0 Å². The lowest BCUT2D eigenvalue weighted by Crippen LogP contribution is -2.71. The Bertz CT molecular complexity index is 1860. The van der Waals surface area contributed by atoms with Crippen LogP contribution in [-0.4, -0.2) is 112 Å². The van der Waals surface area contributed by atoms with Gasteiger partial charge in [-0.3, -0.25) is 28.8 Å². The van der Waals surface area contributed by atoms with E-state index < -0.39 is 92.1 Å². The lowest BCUT2D eigenvalue weighted by molar-refractivity contribution is -0.161. The van der Waals surface area contributed by atoms with E-state index in [1.54, 1.807) is 88.4 Å². The summed E-state index contributed by atoms with van der Waals surface area (Å²) in [4.78, 5) is 106. The maximum Gasteiger partial charge on any atom is 0.327 e. The fourth-order valence-electron chi connectivity index (χ4n) is 8.40. The number of aliphatic carboxylic acids is 2. The van der Waals surface area contributed by atoms with Crippen molar-refractivity contribution in [1.82, 2.24) is 31.1 Å². The van der Waals surface area contributed by atoms with Gasteiger partial charge >= 0.3 is 11.9 Å². The Kier molecular flexibility index (Phi) is 13.5. The van der Waals surface area contributed by atoms with Gasteiger partial charge in [0.05, 0.1) is 0 Å². The zero-order valence-corrected chi connectivity index (χ0v) is 35.6. The molecular weight excluding hydrogens is 813 g/mol. The van der Waals surface area contributed by atoms with Crippen LogP contribution >= 0.6 is 23.5 Å². The molecule has 6 rings (SSSR count). The number of carboxylic acid groups (broad SMARTS) is 2. The average Bonchev–Trinajstić information content (AvgIpc) is 3.62. The van der Waals surface area contributed by atoms with Crippen LogP contribution in [0.2, 0.25) is 0 Å². The number of benzene rings is 2. The largest absolute Gasteiger partial charge is 0.480 e. The maximum absolute atomic E-state index is 13.5. The molecule has 2 aromatic carbocycles. The van der Waals surface area contributed by atoms with Crippen LogP contribution in [0.1, 0.15) is 102 Å². The third kappa shape index (κ3) is 9.28. The number of unbranched alkanes of at least 4 members (excludes halogenated alkanes) is 5. The van der Waals surface area contributed by atoms with E-state index >= 15 is 0 Å². The molecule has 2 aromatic rings. The van der Waals surface area contributed by atoms with Gasteiger partial charge in [-0.25, -0.2) is 9.59 Å². The first kappa shape index (κ1) is 44.5. The number of thioether (sulfide) groups is 2. The van der Waals surface area contributed by atoms with E-state index in [1.807, 2.05) is 0 Å². The second-order valence-electron chi connectivity index (χ2n) is 16.6. The Morgan fingerprint density at radius 1 is 0.583 bits per heavy atom. The third-order valence-corrected chi connectivity index (χ3v) is 14.5. The molecular formula is C42H52N6O10S2. The highest BCUT2D eigenvalue weighted by Crippen LogP contribution is 2.52. The van der Waals surface area contributed by atoms with E-state index in [4.69, 9.17) is 0 Å². The molecule has 0 aliphatic carbocycles. The lowest BCUT2D eigenvalue weighted by atomic mass is 9.95. The number of amides is 6. The van der Waals surface area contributed by atoms with Crippen molar-refractivity contribution < 1.29 is 48.6 Å². The van der Waals surface area contributed by atoms with Gasteiger partial charge in [0.1, 0.15) is 47.0 Å². The number of β-lactam (4-membered cyclic amide) rings is 2. The number of carbonyl (C=O) groups excluding carboxylic acids is 6. The Hall–Kier alpha value is -5.10. The molecule has 16 nitrogen and oxygen atoms in total. The van der Waals surface area contributed by atoms with Gasteiger partial charge in [0.25, 0.3) is 0 Å². The van der Waals surface area contributed by atoms with Crippen LogP contribution in [0.25, 0.3) is 0 Å². The van der Waals surface area contributed by atoms with Crippen LogP contribution in [0, 0.1) is 0 Å². The molecule has 4 aliphatic heterocycles. The topological polar surface area (TPSA) is 232 Å². The molecule has 6 N–H and O–H groups in total. The number of hydrogen-bond acceptors (Lipinski definition) is 10. The monoisotopic (exact) mass is 864 g/mol. The molecule has 6 amide bonds. The van der Waals surface area contributed by atoms with Gasteiger partial charge in [0, 0.05) is 22.3 Å². The highest BCUT2D eigenvalue weighted by Gasteiger charge is 2.65. The minimum Gasteiger partial charge on any atom is -0.480 e. The van der Waals surface area contributed by atoms with Crippen LogP contribution in [0.5, 0.6) is 0 Å². The van der Waals surface area contributed by atoms with Crippen molar-refractivity contribution in [1.29, 1.82) is 0 Å². The molecule has 0 radical (unpaired) electrons. The summed E-state index contributed by atoms with van der Waals surface area (Å²) in [5.41, 5.74) is 1.09. The summed E-state index contributed by atoms with van der Waals surface area (Å²) >= 11 is 2.65. The molecule has 4 saturated heterocycles. The van der Waals surface area contributed by atoms with Crippen LogP contribution in [0.4, 0.5) is 0 Å². The van der Waals surface area contributed by atoms with Gasteiger partial charge in [0.2, 0.25) is 35.4 Å². The minimum absolute atomic E-state index is 0.173. The van der Waals surface area contributed by atoms with Crippen LogP contribution in [0.15, 0.2) is 60.7 Å². The highest BCUT2D eigenvalue weighted by molar-refractivity contribution is 8.02. The van der Waals surface area contributed by atoms with Crippen LogP contribution in [-0.2, 0) is 38.4 Å². The number of hydrogen-bond donors (Lipinski definition) is 6. The van der Waals surface area contributed by atoms with Crippen molar-refractivity contribution in [3.8, 4) is 0 Å². The molecule has 4 fully saturated rings.